The second-order valence-electron chi connectivity index (χ2n) is 4.98. The normalized spacial score (nSPS) is 23.0. The highest BCUT2D eigenvalue weighted by molar-refractivity contribution is 5.21. The Morgan fingerprint density at radius 3 is 2.75 bits per heavy atom. The van der Waals surface area contributed by atoms with Gasteiger partial charge in [-0.1, -0.05) is 36.2 Å². The average molecular weight is 218 g/mol. The van der Waals surface area contributed by atoms with E-state index in [4.69, 9.17) is 5.73 Å². The van der Waals surface area contributed by atoms with Gasteiger partial charge in [-0.05, 0) is 31.9 Å². The first-order valence-corrected chi connectivity index (χ1v) is 6.27. The van der Waals surface area contributed by atoms with Crippen molar-refractivity contribution in [3.05, 3.63) is 35.4 Å². The summed E-state index contributed by atoms with van der Waals surface area (Å²) in [4.78, 5) is 2.49. The minimum absolute atomic E-state index is 0.368. The minimum Gasteiger partial charge on any atom is -0.327 e. The lowest BCUT2D eigenvalue weighted by Gasteiger charge is -2.22. The highest BCUT2D eigenvalue weighted by atomic mass is 15.1. The lowest BCUT2D eigenvalue weighted by molar-refractivity contribution is 0.265. The molecular weight excluding hydrogens is 196 g/mol. The van der Waals surface area contributed by atoms with Crippen LogP contribution in [0, 0.1) is 6.92 Å². The summed E-state index contributed by atoms with van der Waals surface area (Å²) in [5.41, 5.74) is 8.79. The zero-order valence-corrected chi connectivity index (χ0v) is 10.2. The molecule has 0 amide bonds. The van der Waals surface area contributed by atoms with Gasteiger partial charge >= 0.3 is 0 Å². The van der Waals surface area contributed by atoms with Crippen LogP contribution >= 0.6 is 0 Å². The van der Waals surface area contributed by atoms with E-state index in [2.05, 4.69) is 36.1 Å². The number of aryl methyl sites for hydroxylation is 1. The van der Waals surface area contributed by atoms with E-state index < -0.39 is 0 Å². The number of hydrogen-bond acceptors (Lipinski definition) is 2. The first kappa shape index (κ1) is 11.6. The summed E-state index contributed by atoms with van der Waals surface area (Å²) in [6.45, 7) is 5.43. The van der Waals surface area contributed by atoms with Crippen molar-refractivity contribution in [3.63, 3.8) is 0 Å². The van der Waals surface area contributed by atoms with E-state index in [-0.39, 0.29) is 0 Å². The summed E-state index contributed by atoms with van der Waals surface area (Å²) in [7, 11) is 0. The number of hydrogen-bond donors (Lipinski definition) is 1. The number of rotatable bonds is 2. The molecule has 0 aliphatic carbocycles. The Kier molecular flexibility index (Phi) is 3.97. The van der Waals surface area contributed by atoms with Gasteiger partial charge in [-0.25, -0.2) is 0 Å². The van der Waals surface area contributed by atoms with Crippen molar-refractivity contribution in [1.29, 1.82) is 0 Å². The number of nitrogens with two attached hydrogens (primary N) is 1. The molecule has 1 fully saturated rings. The summed E-state index contributed by atoms with van der Waals surface area (Å²) in [6.07, 6.45) is 3.76. The Labute approximate surface area is 98.4 Å². The Bertz CT molecular complexity index is 318. The summed E-state index contributed by atoms with van der Waals surface area (Å²) in [5.74, 6) is 0. The second-order valence-corrected chi connectivity index (χ2v) is 4.98. The van der Waals surface area contributed by atoms with Crippen molar-refractivity contribution in [2.24, 2.45) is 5.73 Å². The van der Waals surface area contributed by atoms with Gasteiger partial charge in [0.1, 0.15) is 0 Å². The first-order valence-electron chi connectivity index (χ1n) is 6.27. The summed E-state index contributed by atoms with van der Waals surface area (Å²) in [6, 6.07) is 9.20. The van der Waals surface area contributed by atoms with Crippen molar-refractivity contribution in [2.75, 3.05) is 13.1 Å². The summed E-state index contributed by atoms with van der Waals surface area (Å²) >= 11 is 0. The fourth-order valence-corrected chi connectivity index (χ4v) is 2.35. The molecule has 1 aromatic rings. The van der Waals surface area contributed by atoms with Crippen molar-refractivity contribution in [2.45, 2.75) is 38.8 Å². The lowest BCUT2D eigenvalue weighted by Crippen LogP contribution is -2.35. The Balaban J connectivity index is 1.95. The first-order chi connectivity index (χ1) is 7.74. The van der Waals surface area contributed by atoms with Crippen molar-refractivity contribution < 1.29 is 0 Å². The fraction of sp³-hybridized carbons (Fsp3) is 0.571. The van der Waals surface area contributed by atoms with Crippen LogP contribution in [0.15, 0.2) is 24.3 Å². The lowest BCUT2D eigenvalue weighted by atomic mass is 10.1. The maximum Gasteiger partial charge on any atom is 0.0234 e. The Hall–Kier alpha value is -0.860. The van der Waals surface area contributed by atoms with E-state index >= 15 is 0 Å². The van der Waals surface area contributed by atoms with Crippen molar-refractivity contribution in [3.8, 4) is 0 Å². The molecule has 1 aliphatic rings. The monoisotopic (exact) mass is 218 g/mol. The molecule has 1 unspecified atom stereocenters. The van der Waals surface area contributed by atoms with Crippen molar-refractivity contribution in [1.82, 2.24) is 4.90 Å². The van der Waals surface area contributed by atoms with Crippen LogP contribution in [0.1, 0.15) is 30.4 Å². The predicted octanol–water partition coefficient (Wildman–Crippen LogP) is 2.31. The third-order valence-electron chi connectivity index (χ3n) is 3.32. The Morgan fingerprint density at radius 1 is 1.25 bits per heavy atom. The molecule has 88 valence electrons. The molecule has 0 bridgehead atoms. The molecule has 0 saturated carbocycles. The largest absolute Gasteiger partial charge is 0.327 e. The van der Waals surface area contributed by atoms with Crippen LogP contribution in [-0.2, 0) is 6.54 Å². The Morgan fingerprint density at radius 2 is 2.00 bits per heavy atom. The third-order valence-corrected chi connectivity index (χ3v) is 3.32. The van der Waals surface area contributed by atoms with Crippen LogP contribution in [0.25, 0.3) is 0 Å². The van der Waals surface area contributed by atoms with E-state index in [9.17, 15) is 0 Å². The molecule has 1 heterocycles. The van der Waals surface area contributed by atoms with Crippen LogP contribution in [-0.4, -0.2) is 24.0 Å². The van der Waals surface area contributed by atoms with Gasteiger partial charge in [0.05, 0.1) is 0 Å². The van der Waals surface area contributed by atoms with Crippen molar-refractivity contribution >= 4 is 0 Å². The number of likely N-dealkylation sites (tertiary alicyclic amines) is 1. The molecule has 0 radical (unpaired) electrons. The van der Waals surface area contributed by atoms with E-state index in [1.165, 1.54) is 36.9 Å². The molecule has 2 rings (SSSR count). The van der Waals surface area contributed by atoms with E-state index in [1.54, 1.807) is 0 Å². The molecule has 1 atom stereocenters. The molecule has 2 heteroatoms. The minimum atomic E-state index is 0.368. The standard InChI is InChI=1S/C14H22N2/c1-12-5-7-13(8-6-12)10-16-9-3-2-4-14(15)11-16/h5-8,14H,2-4,9-11,15H2,1H3. The van der Waals surface area contributed by atoms with Gasteiger partial charge in [-0.2, -0.15) is 0 Å². The molecule has 2 N–H and O–H groups in total. The highest BCUT2D eigenvalue weighted by Gasteiger charge is 2.14. The van der Waals surface area contributed by atoms with Gasteiger partial charge in [0, 0.05) is 19.1 Å². The summed E-state index contributed by atoms with van der Waals surface area (Å²) in [5, 5.41) is 0. The van der Waals surface area contributed by atoms with Crippen LogP contribution < -0.4 is 5.73 Å². The molecule has 16 heavy (non-hydrogen) atoms. The molecular formula is C14H22N2. The zero-order chi connectivity index (χ0) is 11.4. The highest BCUT2D eigenvalue weighted by Crippen LogP contribution is 2.13. The smallest absolute Gasteiger partial charge is 0.0234 e. The van der Waals surface area contributed by atoms with Crippen LogP contribution in [0.5, 0.6) is 0 Å². The van der Waals surface area contributed by atoms with Crippen LogP contribution in [0.4, 0.5) is 0 Å². The second kappa shape index (κ2) is 5.46. The van der Waals surface area contributed by atoms with Gasteiger partial charge in [-0.3, -0.25) is 4.90 Å². The summed E-state index contributed by atoms with van der Waals surface area (Å²) < 4.78 is 0. The molecule has 1 saturated heterocycles. The third kappa shape index (κ3) is 3.32. The van der Waals surface area contributed by atoms with Gasteiger partial charge in [0.2, 0.25) is 0 Å². The average Bonchev–Trinajstić information content (AvgIpc) is 2.46. The number of nitrogens with zero attached hydrogens (tertiary/aromatic N) is 1. The number of benzene rings is 1. The fourth-order valence-electron chi connectivity index (χ4n) is 2.35. The van der Waals surface area contributed by atoms with Gasteiger partial charge in [0.15, 0.2) is 0 Å². The molecule has 2 nitrogen and oxygen atoms in total. The maximum atomic E-state index is 6.06. The van der Waals surface area contributed by atoms with Gasteiger partial charge in [0.25, 0.3) is 0 Å². The SMILES string of the molecule is Cc1ccc(CN2CCCCC(N)C2)cc1. The maximum absolute atomic E-state index is 6.06. The van der Waals surface area contributed by atoms with E-state index in [1.807, 2.05) is 0 Å². The van der Waals surface area contributed by atoms with E-state index in [0.717, 1.165) is 13.1 Å². The van der Waals surface area contributed by atoms with E-state index in [0.29, 0.717) is 6.04 Å². The topological polar surface area (TPSA) is 29.3 Å². The van der Waals surface area contributed by atoms with Crippen LogP contribution in [0.3, 0.4) is 0 Å². The zero-order valence-electron chi connectivity index (χ0n) is 10.2. The predicted molar refractivity (Wildman–Crippen MR) is 68.3 cm³/mol. The van der Waals surface area contributed by atoms with Crippen LogP contribution in [0.2, 0.25) is 0 Å². The molecule has 0 spiro atoms. The molecule has 0 aromatic heterocycles. The molecule has 1 aromatic carbocycles. The molecule has 1 aliphatic heterocycles. The van der Waals surface area contributed by atoms with Gasteiger partial charge in [-0.15, -0.1) is 0 Å². The van der Waals surface area contributed by atoms with Gasteiger partial charge < -0.3 is 5.73 Å². The quantitative estimate of drug-likeness (QED) is 0.825.